The second kappa shape index (κ2) is 8.08. The van der Waals surface area contributed by atoms with E-state index in [1.165, 1.54) is 0 Å². The summed E-state index contributed by atoms with van der Waals surface area (Å²) in [6.45, 7) is 3.87. The maximum Gasteiger partial charge on any atom is 0.228 e. The molecule has 7 heteroatoms. The fraction of sp³-hybridized carbons (Fsp3) is 0.438. The van der Waals surface area contributed by atoms with Crippen molar-refractivity contribution in [3.63, 3.8) is 0 Å². The summed E-state index contributed by atoms with van der Waals surface area (Å²) in [7, 11) is 0. The first-order chi connectivity index (χ1) is 10.8. The van der Waals surface area contributed by atoms with Gasteiger partial charge in [-0.2, -0.15) is 5.10 Å². The first-order valence-corrected chi connectivity index (χ1v) is 7.78. The molecule has 1 amide bonds. The Morgan fingerprint density at radius 3 is 2.65 bits per heavy atom. The summed E-state index contributed by atoms with van der Waals surface area (Å²) in [6, 6.07) is 3.87. The Hall–Kier alpha value is -1.92. The number of H-pyrrole nitrogens is 1. The molecule has 0 bridgehead atoms. The monoisotopic (exact) mass is 335 g/mol. The van der Waals surface area contributed by atoms with Crippen LogP contribution in [-0.2, 0) is 11.2 Å². The quantitative estimate of drug-likeness (QED) is 0.801. The van der Waals surface area contributed by atoms with Gasteiger partial charge in [0.05, 0.1) is 5.69 Å². The zero-order chi connectivity index (χ0) is 15.4. The molecular formula is C16H22ClN5O. The molecule has 124 valence electrons. The van der Waals surface area contributed by atoms with Crippen LogP contribution < -0.4 is 10.6 Å². The minimum Gasteiger partial charge on any atom is -0.317 e. The first kappa shape index (κ1) is 17.4. The molecule has 1 aliphatic heterocycles. The molecule has 0 unspecified atom stereocenters. The first-order valence-electron chi connectivity index (χ1n) is 7.78. The number of carbonyl (C=O) groups is 1. The molecule has 6 nitrogen and oxygen atoms in total. The second-order valence-corrected chi connectivity index (χ2v) is 5.53. The number of halogens is 1. The fourth-order valence-corrected chi connectivity index (χ4v) is 2.87. The highest BCUT2D eigenvalue weighted by molar-refractivity contribution is 5.93. The van der Waals surface area contributed by atoms with Gasteiger partial charge < -0.3 is 10.6 Å². The molecule has 0 spiro atoms. The number of nitrogens with one attached hydrogen (secondary N) is 3. The number of amides is 1. The highest BCUT2D eigenvalue weighted by atomic mass is 35.5. The van der Waals surface area contributed by atoms with E-state index in [-0.39, 0.29) is 24.2 Å². The van der Waals surface area contributed by atoms with Crippen LogP contribution in [-0.4, -0.2) is 34.2 Å². The lowest BCUT2D eigenvalue weighted by Crippen LogP contribution is -2.34. The van der Waals surface area contributed by atoms with E-state index in [0.717, 1.165) is 49.2 Å². The van der Waals surface area contributed by atoms with Crippen molar-refractivity contribution in [1.82, 2.24) is 20.5 Å². The zero-order valence-electron chi connectivity index (χ0n) is 13.1. The smallest absolute Gasteiger partial charge is 0.228 e. The standard InChI is InChI=1S/C16H21N5O.ClH/c1-2-13-14(11-3-7-17-8-4-11)20-21-15(13)19-16(22)12-5-9-18-10-6-12;/h3-4,7-8,12,18H,2,5-6,9-10H2,1H3,(H2,19,20,21,22);1H. The molecule has 0 saturated carbocycles. The Kier molecular flexibility index (Phi) is 6.12. The van der Waals surface area contributed by atoms with E-state index in [1.807, 2.05) is 12.1 Å². The zero-order valence-corrected chi connectivity index (χ0v) is 13.9. The van der Waals surface area contributed by atoms with Gasteiger partial charge in [-0.05, 0) is 44.5 Å². The Bertz CT molecular complexity index is 637. The van der Waals surface area contributed by atoms with E-state index in [9.17, 15) is 4.79 Å². The van der Waals surface area contributed by atoms with E-state index in [2.05, 4.69) is 32.7 Å². The maximum atomic E-state index is 12.4. The van der Waals surface area contributed by atoms with Gasteiger partial charge in [0.1, 0.15) is 0 Å². The number of hydrogen-bond acceptors (Lipinski definition) is 4. The van der Waals surface area contributed by atoms with Crippen LogP contribution in [0.15, 0.2) is 24.5 Å². The van der Waals surface area contributed by atoms with Gasteiger partial charge in [-0.15, -0.1) is 12.4 Å². The van der Waals surface area contributed by atoms with Crippen molar-refractivity contribution in [3.8, 4) is 11.3 Å². The Morgan fingerprint density at radius 2 is 2.00 bits per heavy atom. The summed E-state index contributed by atoms with van der Waals surface area (Å²) in [4.78, 5) is 16.4. The summed E-state index contributed by atoms with van der Waals surface area (Å²) >= 11 is 0. The van der Waals surface area contributed by atoms with Gasteiger partial charge in [0.25, 0.3) is 0 Å². The average Bonchev–Trinajstić information content (AvgIpc) is 2.99. The summed E-state index contributed by atoms with van der Waals surface area (Å²) in [6.07, 6.45) is 6.08. The third-order valence-electron chi connectivity index (χ3n) is 4.14. The van der Waals surface area contributed by atoms with Crippen molar-refractivity contribution < 1.29 is 4.79 Å². The lowest BCUT2D eigenvalue weighted by Gasteiger charge is -2.21. The molecule has 1 fully saturated rings. The summed E-state index contributed by atoms with van der Waals surface area (Å²) in [5.41, 5.74) is 3.01. The topological polar surface area (TPSA) is 82.7 Å². The van der Waals surface area contributed by atoms with Crippen molar-refractivity contribution in [2.45, 2.75) is 26.2 Å². The molecule has 1 saturated heterocycles. The van der Waals surface area contributed by atoms with Crippen molar-refractivity contribution in [1.29, 1.82) is 0 Å². The van der Waals surface area contributed by atoms with Gasteiger partial charge >= 0.3 is 0 Å². The van der Waals surface area contributed by atoms with E-state index >= 15 is 0 Å². The predicted octanol–water partition coefficient (Wildman–Crippen LogP) is 2.39. The van der Waals surface area contributed by atoms with Crippen molar-refractivity contribution in [3.05, 3.63) is 30.1 Å². The molecule has 0 atom stereocenters. The van der Waals surface area contributed by atoms with Crippen LogP contribution in [0.25, 0.3) is 11.3 Å². The van der Waals surface area contributed by atoms with Crippen LogP contribution in [0.1, 0.15) is 25.3 Å². The molecule has 1 aliphatic rings. The molecule has 3 rings (SSSR count). The van der Waals surface area contributed by atoms with Crippen LogP contribution in [0.3, 0.4) is 0 Å². The van der Waals surface area contributed by atoms with Crippen LogP contribution in [0.2, 0.25) is 0 Å². The number of nitrogens with zero attached hydrogens (tertiary/aromatic N) is 2. The van der Waals surface area contributed by atoms with Crippen LogP contribution in [0.5, 0.6) is 0 Å². The number of rotatable bonds is 4. The van der Waals surface area contributed by atoms with E-state index in [0.29, 0.717) is 5.82 Å². The number of pyridine rings is 1. The van der Waals surface area contributed by atoms with E-state index < -0.39 is 0 Å². The number of piperidine rings is 1. The fourth-order valence-electron chi connectivity index (χ4n) is 2.87. The average molecular weight is 336 g/mol. The van der Waals surface area contributed by atoms with Gasteiger partial charge in [-0.3, -0.25) is 14.9 Å². The van der Waals surface area contributed by atoms with E-state index in [4.69, 9.17) is 0 Å². The van der Waals surface area contributed by atoms with E-state index in [1.54, 1.807) is 12.4 Å². The maximum absolute atomic E-state index is 12.4. The Labute approximate surface area is 141 Å². The summed E-state index contributed by atoms with van der Waals surface area (Å²) in [5.74, 6) is 0.800. The Balaban J connectivity index is 0.00000192. The van der Waals surface area contributed by atoms with Crippen molar-refractivity contribution >= 4 is 24.1 Å². The number of aromatic amines is 1. The largest absolute Gasteiger partial charge is 0.317 e. The third-order valence-corrected chi connectivity index (χ3v) is 4.14. The molecule has 2 aromatic heterocycles. The molecular weight excluding hydrogens is 314 g/mol. The second-order valence-electron chi connectivity index (χ2n) is 5.53. The lowest BCUT2D eigenvalue weighted by molar-refractivity contribution is -0.120. The number of anilines is 1. The molecule has 0 radical (unpaired) electrons. The lowest BCUT2D eigenvalue weighted by atomic mass is 9.97. The summed E-state index contributed by atoms with van der Waals surface area (Å²) < 4.78 is 0. The van der Waals surface area contributed by atoms with Crippen LogP contribution >= 0.6 is 12.4 Å². The van der Waals surface area contributed by atoms with Crippen molar-refractivity contribution in [2.24, 2.45) is 5.92 Å². The minimum atomic E-state index is 0. The molecule has 2 aromatic rings. The Morgan fingerprint density at radius 1 is 1.30 bits per heavy atom. The van der Waals surface area contributed by atoms with Crippen LogP contribution in [0.4, 0.5) is 5.82 Å². The van der Waals surface area contributed by atoms with Gasteiger partial charge in [0, 0.05) is 29.4 Å². The molecule has 23 heavy (non-hydrogen) atoms. The molecule has 3 N–H and O–H groups in total. The number of hydrogen-bond donors (Lipinski definition) is 3. The van der Waals surface area contributed by atoms with Crippen molar-refractivity contribution in [2.75, 3.05) is 18.4 Å². The number of carbonyl (C=O) groups excluding carboxylic acids is 1. The third kappa shape index (κ3) is 3.89. The predicted molar refractivity (Wildman–Crippen MR) is 92.7 cm³/mol. The minimum absolute atomic E-state index is 0. The van der Waals surface area contributed by atoms with Gasteiger partial charge in [-0.1, -0.05) is 6.92 Å². The van der Waals surface area contributed by atoms with Crippen LogP contribution in [0, 0.1) is 5.92 Å². The summed E-state index contributed by atoms with van der Waals surface area (Å²) in [5, 5.41) is 13.6. The van der Waals surface area contributed by atoms with Gasteiger partial charge in [-0.25, -0.2) is 0 Å². The molecule has 0 aromatic carbocycles. The SMILES string of the molecule is CCc1c(NC(=O)C2CCNCC2)n[nH]c1-c1ccncc1.Cl. The normalized spacial score (nSPS) is 15.0. The van der Waals surface area contributed by atoms with Gasteiger partial charge in [0.15, 0.2) is 5.82 Å². The molecule has 0 aliphatic carbocycles. The highest BCUT2D eigenvalue weighted by Crippen LogP contribution is 2.27. The van der Waals surface area contributed by atoms with Gasteiger partial charge in [0.2, 0.25) is 5.91 Å². The number of aromatic nitrogens is 3. The highest BCUT2D eigenvalue weighted by Gasteiger charge is 2.23. The molecule has 3 heterocycles.